The van der Waals surface area contributed by atoms with E-state index in [0.717, 1.165) is 12.8 Å². The largest absolute Gasteiger partial charge is 0.467 e. The van der Waals surface area contributed by atoms with Crippen molar-refractivity contribution in [1.82, 2.24) is 5.32 Å². The molecule has 1 aliphatic rings. The third-order valence-corrected chi connectivity index (χ3v) is 3.14. The number of amides is 1. The summed E-state index contributed by atoms with van der Waals surface area (Å²) in [6.45, 7) is 5.19. The van der Waals surface area contributed by atoms with Gasteiger partial charge in [-0.1, -0.05) is 12.8 Å². The van der Waals surface area contributed by atoms with Gasteiger partial charge >= 0.3 is 12.1 Å². The average Bonchev–Trinajstić information content (AvgIpc) is 2.28. The average molecular weight is 273 g/mol. The molecule has 2 N–H and O–H groups in total. The summed E-state index contributed by atoms with van der Waals surface area (Å²) in [5.74, 6) is -0.634. The van der Waals surface area contributed by atoms with E-state index in [4.69, 9.17) is 9.47 Å². The Hall–Kier alpha value is -1.30. The summed E-state index contributed by atoms with van der Waals surface area (Å²) in [4.78, 5) is 23.8. The highest BCUT2D eigenvalue weighted by Gasteiger charge is 2.49. The lowest BCUT2D eigenvalue weighted by Crippen LogP contribution is -2.64. The third-order valence-electron chi connectivity index (χ3n) is 3.14. The number of rotatable bonds is 2. The molecule has 19 heavy (non-hydrogen) atoms. The van der Waals surface area contributed by atoms with Crippen LogP contribution in [0.3, 0.4) is 0 Å². The molecule has 1 amide bonds. The van der Waals surface area contributed by atoms with Crippen molar-refractivity contribution < 1.29 is 24.2 Å². The van der Waals surface area contributed by atoms with Gasteiger partial charge in [-0.25, -0.2) is 9.59 Å². The van der Waals surface area contributed by atoms with Gasteiger partial charge in [-0.05, 0) is 33.6 Å². The lowest BCUT2D eigenvalue weighted by Gasteiger charge is -2.39. The van der Waals surface area contributed by atoms with Gasteiger partial charge in [0.2, 0.25) is 0 Å². The third kappa shape index (κ3) is 3.83. The van der Waals surface area contributed by atoms with E-state index < -0.39 is 29.3 Å². The Morgan fingerprint density at radius 3 is 2.42 bits per heavy atom. The first-order valence-corrected chi connectivity index (χ1v) is 6.49. The van der Waals surface area contributed by atoms with Gasteiger partial charge in [-0.15, -0.1) is 0 Å². The van der Waals surface area contributed by atoms with E-state index in [1.807, 2.05) is 0 Å². The quantitative estimate of drug-likeness (QED) is 0.742. The molecule has 0 aliphatic heterocycles. The molecular formula is C13H23NO5. The Morgan fingerprint density at radius 1 is 1.32 bits per heavy atom. The Kier molecular flexibility index (Phi) is 4.79. The van der Waals surface area contributed by atoms with E-state index in [-0.39, 0.29) is 0 Å². The molecule has 1 fully saturated rings. The van der Waals surface area contributed by atoms with Crippen molar-refractivity contribution in [1.29, 1.82) is 0 Å². The lowest BCUT2D eigenvalue weighted by atomic mass is 9.79. The molecular weight excluding hydrogens is 250 g/mol. The number of aliphatic hydroxyl groups excluding tert-OH is 1. The van der Waals surface area contributed by atoms with Crippen molar-refractivity contribution in [2.45, 2.75) is 63.7 Å². The highest BCUT2D eigenvalue weighted by atomic mass is 16.6. The normalized spacial score (nSPS) is 27.5. The van der Waals surface area contributed by atoms with Crippen molar-refractivity contribution in [3.05, 3.63) is 0 Å². The number of esters is 1. The number of ether oxygens (including phenoxy) is 2. The van der Waals surface area contributed by atoms with Crippen LogP contribution in [0, 0.1) is 0 Å². The number of alkyl carbamates (subject to hydrolysis) is 1. The maximum Gasteiger partial charge on any atom is 0.408 e. The summed E-state index contributed by atoms with van der Waals surface area (Å²) in [7, 11) is 1.24. The van der Waals surface area contributed by atoms with Crippen molar-refractivity contribution in [3.63, 3.8) is 0 Å². The smallest absolute Gasteiger partial charge is 0.408 e. The summed E-state index contributed by atoms with van der Waals surface area (Å²) < 4.78 is 9.86. The first-order valence-electron chi connectivity index (χ1n) is 6.49. The molecule has 0 aromatic rings. The van der Waals surface area contributed by atoms with Crippen LogP contribution < -0.4 is 5.32 Å². The monoisotopic (exact) mass is 273 g/mol. The van der Waals surface area contributed by atoms with Gasteiger partial charge in [0.1, 0.15) is 5.60 Å². The maximum atomic E-state index is 11.9. The second-order valence-electron chi connectivity index (χ2n) is 5.85. The first kappa shape index (κ1) is 15.8. The first-order chi connectivity index (χ1) is 8.71. The summed E-state index contributed by atoms with van der Waals surface area (Å²) in [6, 6.07) is 0. The molecule has 0 aromatic carbocycles. The number of methoxy groups -OCH3 is 1. The van der Waals surface area contributed by atoms with Gasteiger partial charge in [-0.3, -0.25) is 0 Å². The van der Waals surface area contributed by atoms with Crippen LogP contribution >= 0.6 is 0 Å². The minimum absolute atomic E-state index is 0.347. The molecule has 1 saturated carbocycles. The number of carbonyl (C=O) groups excluding carboxylic acids is 2. The van der Waals surface area contributed by atoms with Gasteiger partial charge in [0, 0.05) is 0 Å². The predicted molar refractivity (Wildman–Crippen MR) is 68.6 cm³/mol. The van der Waals surface area contributed by atoms with Crippen molar-refractivity contribution in [2.24, 2.45) is 0 Å². The van der Waals surface area contributed by atoms with E-state index in [1.165, 1.54) is 7.11 Å². The van der Waals surface area contributed by atoms with Crippen LogP contribution in [0.5, 0.6) is 0 Å². The van der Waals surface area contributed by atoms with Crippen molar-refractivity contribution in [2.75, 3.05) is 7.11 Å². The molecule has 6 nitrogen and oxygen atoms in total. The lowest BCUT2D eigenvalue weighted by molar-refractivity contribution is -0.156. The van der Waals surface area contributed by atoms with Gasteiger partial charge in [0.15, 0.2) is 5.54 Å². The zero-order chi connectivity index (χ0) is 14.7. The molecule has 6 heteroatoms. The molecule has 0 spiro atoms. The molecule has 0 heterocycles. The summed E-state index contributed by atoms with van der Waals surface area (Å²) >= 11 is 0. The summed E-state index contributed by atoms with van der Waals surface area (Å²) in [5, 5.41) is 12.6. The molecule has 0 saturated heterocycles. The summed E-state index contributed by atoms with van der Waals surface area (Å²) in [6.07, 6.45) is 0.670. The molecule has 1 aliphatic carbocycles. The maximum absolute atomic E-state index is 11.9. The van der Waals surface area contributed by atoms with Gasteiger partial charge in [0.25, 0.3) is 0 Å². The Morgan fingerprint density at radius 2 is 1.95 bits per heavy atom. The highest BCUT2D eigenvalue weighted by Crippen LogP contribution is 2.30. The van der Waals surface area contributed by atoms with E-state index in [0.29, 0.717) is 12.8 Å². The minimum atomic E-state index is -1.39. The van der Waals surface area contributed by atoms with E-state index in [9.17, 15) is 14.7 Å². The standard InChI is InChI=1S/C13H23NO5/c1-12(2,3)19-11(17)14-13(10(16)18-4)8-6-5-7-9(13)15/h9,15H,5-8H2,1-4H3,(H,14,17)/t9-,13+/m0/s1. The minimum Gasteiger partial charge on any atom is -0.467 e. The molecule has 0 radical (unpaired) electrons. The number of aliphatic hydroxyl groups is 1. The number of carbonyl (C=O) groups is 2. The molecule has 1 rings (SSSR count). The predicted octanol–water partition coefficient (Wildman–Crippen LogP) is 1.36. The molecule has 110 valence electrons. The van der Waals surface area contributed by atoms with Crippen molar-refractivity contribution >= 4 is 12.1 Å². The fourth-order valence-corrected chi connectivity index (χ4v) is 2.26. The van der Waals surface area contributed by atoms with Crippen LogP contribution in [0.2, 0.25) is 0 Å². The van der Waals surface area contributed by atoms with Gasteiger partial charge < -0.3 is 19.9 Å². The second kappa shape index (κ2) is 5.77. The van der Waals surface area contributed by atoms with Crippen LogP contribution in [0.4, 0.5) is 4.79 Å². The van der Waals surface area contributed by atoms with Gasteiger partial charge in [0.05, 0.1) is 13.2 Å². The van der Waals surface area contributed by atoms with Gasteiger partial charge in [-0.2, -0.15) is 0 Å². The molecule has 2 atom stereocenters. The zero-order valence-corrected chi connectivity index (χ0v) is 12.0. The van der Waals surface area contributed by atoms with Crippen LogP contribution in [0.25, 0.3) is 0 Å². The topological polar surface area (TPSA) is 84.9 Å². The molecule has 0 bridgehead atoms. The number of hydrogen-bond acceptors (Lipinski definition) is 5. The highest BCUT2D eigenvalue weighted by molar-refractivity contribution is 5.86. The Bertz CT molecular complexity index is 349. The Balaban J connectivity index is 2.86. The zero-order valence-electron chi connectivity index (χ0n) is 12.0. The molecule has 0 aromatic heterocycles. The SMILES string of the molecule is COC(=O)[C@@]1(NC(=O)OC(C)(C)C)CCCC[C@@H]1O. The fourth-order valence-electron chi connectivity index (χ4n) is 2.26. The number of hydrogen-bond donors (Lipinski definition) is 2. The van der Waals surface area contributed by atoms with E-state index >= 15 is 0 Å². The summed E-state index contributed by atoms with van der Waals surface area (Å²) in [5.41, 5.74) is -2.06. The molecule has 0 unspecified atom stereocenters. The Labute approximate surface area is 113 Å². The van der Waals surface area contributed by atoms with Crippen LogP contribution in [-0.4, -0.2) is 41.5 Å². The van der Waals surface area contributed by atoms with E-state index in [2.05, 4.69) is 5.32 Å². The van der Waals surface area contributed by atoms with Crippen LogP contribution in [0.1, 0.15) is 46.5 Å². The van der Waals surface area contributed by atoms with E-state index in [1.54, 1.807) is 20.8 Å². The van der Waals surface area contributed by atoms with Crippen LogP contribution in [-0.2, 0) is 14.3 Å². The van der Waals surface area contributed by atoms with Crippen molar-refractivity contribution in [3.8, 4) is 0 Å². The number of nitrogens with one attached hydrogen (secondary N) is 1. The van der Waals surface area contributed by atoms with Crippen LogP contribution in [0.15, 0.2) is 0 Å². The fraction of sp³-hybridized carbons (Fsp3) is 0.846. The second-order valence-corrected chi connectivity index (χ2v) is 5.85.